The molecule has 3 aliphatic heterocycles. The van der Waals surface area contributed by atoms with Gasteiger partial charge >= 0.3 is 0 Å². The molecule has 34 heavy (non-hydrogen) atoms. The molecule has 0 bridgehead atoms. The monoisotopic (exact) mass is 460 g/mol. The Bertz CT molecular complexity index is 1180. The molecule has 8 heteroatoms. The number of anilines is 1. The predicted octanol–water partition coefficient (Wildman–Crippen LogP) is 2.64. The summed E-state index contributed by atoms with van der Waals surface area (Å²) in [6, 6.07) is 16.0. The largest absolute Gasteiger partial charge is 0.497 e. The van der Waals surface area contributed by atoms with Crippen LogP contribution in [0.5, 0.6) is 5.75 Å². The molecular weight excluding hydrogens is 432 g/mol. The van der Waals surface area contributed by atoms with Gasteiger partial charge in [-0.3, -0.25) is 9.69 Å². The van der Waals surface area contributed by atoms with Gasteiger partial charge in [0.2, 0.25) is 0 Å². The zero-order valence-electron chi connectivity index (χ0n) is 19.3. The van der Waals surface area contributed by atoms with E-state index in [9.17, 15) is 4.79 Å². The van der Waals surface area contributed by atoms with Gasteiger partial charge in [-0.2, -0.15) is 5.10 Å². The number of hydrogen-bond donors (Lipinski definition) is 0. The Hall–Kier alpha value is -3.20. The van der Waals surface area contributed by atoms with Crippen molar-refractivity contribution in [1.82, 2.24) is 14.7 Å². The van der Waals surface area contributed by atoms with Crippen LogP contribution in [0.2, 0.25) is 0 Å². The zero-order valence-corrected chi connectivity index (χ0v) is 19.3. The SMILES string of the molecule is COc1ccc(-n2ncc3c2C(=O)N(c2ccc(C4(N5CCOCC5)COC4)cc2)CC3)cc1. The summed E-state index contributed by atoms with van der Waals surface area (Å²) in [5.41, 5.74) is 4.49. The summed E-state index contributed by atoms with van der Waals surface area (Å²) < 4.78 is 18.2. The van der Waals surface area contributed by atoms with Gasteiger partial charge in [0.1, 0.15) is 11.4 Å². The summed E-state index contributed by atoms with van der Waals surface area (Å²) in [6.45, 7) is 5.36. The van der Waals surface area contributed by atoms with E-state index in [1.54, 1.807) is 18.0 Å². The molecule has 0 atom stereocenters. The highest BCUT2D eigenvalue weighted by atomic mass is 16.5. The van der Waals surface area contributed by atoms with Gasteiger partial charge in [-0.25, -0.2) is 4.68 Å². The minimum Gasteiger partial charge on any atom is -0.497 e. The molecule has 6 rings (SSSR count). The van der Waals surface area contributed by atoms with Crippen molar-refractivity contribution in [2.75, 3.05) is 58.1 Å². The van der Waals surface area contributed by atoms with Crippen molar-refractivity contribution in [1.29, 1.82) is 0 Å². The Kier molecular flexibility index (Phi) is 5.36. The maximum Gasteiger partial charge on any atom is 0.277 e. The smallest absolute Gasteiger partial charge is 0.277 e. The lowest BCUT2D eigenvalue weighted by molar-refractivity contribution is -0.166. The number of amides is 1. The Balaban J connectivity index is 1.27. The number of ether oxygens (including phenoxy) is 3. The maximum absolute atomic E-state index is 13.6. The second-order valence-electron chi connectivity index (χ2n) is 9.01. The summed E-state index contributed by atoms with van der Waals surface area (Å²) in [7, 11) is 1.64. The number of morpholine rings is 1. The predicted molar refractivity (Wildman–Crippen MR) is 127 cm³/mol. The summed E-state index contributed by atoms with van der Waals surface area (Å²) in [5, 5.41) is 4.52. The number of methoxy groups -OCH3 is 1. The van der Waals surface area contributed by atoms with E-state index < -0.39 is 0 Å². The number of rotatable bonds is 5. The van der Waals surface area contributed by atoms with Crippen LogP contribution in [0.1, 0.15) is 21.6 Å². The number of aromatic nitrogens is 2. The van der Waals surface area contributed by atoms with Crippen molar-refractivity contribution >= 4 is 11.6 Å². The van der Waals surface area contributed by atoms with Crippen molar-refractivity contribution in [2.24, 2.45) is 0 Å². The summed E-state index contributed by atoms with van der Waals surface area (Å²) in [5.74, 6) is 0.738. The number of benzene rings is 2. The normalized spacial score (nSPS) is 20.0. The van der Waals surface area contributed by atoms with E-state index in [4.69, 9.17) is 14.2 Å². The zero-order chi connectivity index (χ0) is 23.1. The summed E-state index contributed by atoms with van der Waals surface area (Å²) in [4.78, 5) is 17.9. The van der Waals surface area contributed by atoms with Crippen LogP contribution in [0, 0.1) is 0 Å². The van der Waals surface area contributed by atoms with Gasteiger partial charge in [0, 0.05) is 30.9 Å². The topological polar surface area (TPSA) is 69.1 Å². The molecule has 0 unspecified atom stereocenters. The number of carbonyl (C=O) groups excluding carboxylic acids is 1. The molecule has 2 aromatic carbocycles. The van der Waals surface area contributed by atoms with Crippen molar-refractivity contribution in [3.8, 4) is 11.4 Å². The molecule has 3 aliphatic rings. The van der Waals surface area contributed by atoms with Gasteiger partial charge in [-0.15, -0.1) is 0 Å². The van der Waals surface area contributed by atoms with E-state index in [1.807, 2.05) is 29.2 Å². The van der Waals surface area contributed by atoms with E-state index in [0.29, 0.717) is 25.5 Å². The van der Waals surface area contributed by atoms with Crippen molar-refractivity contribution < 1.29 is 19.0 Å². The molecule has 2 fully saturated rings. The minimum absolute atomic E-state index is 0.0304. The van der Waals surface area contributed by atoms with E-state index in [-0.39, 0.29) is 11.4 Å². The highest BCUT2D eigenvalue weighted by Crippen LogP contribution is 2.38. The molecule has 0 radical (unpaired) electrons. The fraction of sp³-hybridized carbons (Fsp3) is 0.385. The second kappa shape index (κ2) is 8.54. The van der Waals surface area contributed by atoms with Crippen LogP contribution in [0.15, 0.2) is 54.7 Å². The molecule has 176 valence electrons. The number of nitrogens with zero attached hydrogens (tertiary/aromatic N) is 4. The molecule has 0 aliphatic carbocycles. The highest BCUT2D eigenvalue weighted by Gasteiger charge is 2.46. The van der Waals surface area contributed by atoms with Crippen LogP contribution in [-0.2, 0) is 21.4 Å². The molecule has 2 saturated heterocycles. The third-order valence-corrected chi connectivity index (χ3v) is 7.23. The van der Waals surface area contributed by atoms with Crippen LogP contribution in [-0.4, -0.2) is 73.8 Å². The molecule has 3 aromatic rings. The molecule has 0 saturated carbocycles. The van der Waals surface area contributed by atoms with Crippen LogP contribution in [0.3, 0.4) is 0 Å². The third-order valence-electron chi connectivity index (χ3n) is 7.23. The lowest BCUT2D eigenvalue weighted by atomic mass is 9.85. The molecule has 8 nitrogen and oxygen atoms in total. The Labute approximate surface area is 198 Å². The fourth-order valence-electron chi connectivity index (χ4n) is 5.19. The summed E-state index contributed by atoms with van der Waals surface area (Å²) in [6.07, 6.45) is 2.57. The molecule has 1 amide bonds. The first-order valence-electron chi connectivity index (χ1n) is 11.7. The molecule has 4 heterocycles. The summed E-state index contributed by atoms with van der Waals surface area (Å²) >= 11 is 0. The molecule has 0 N–H and O–H groups in total. The quantitative estimate of drug-likeness (QED) is 0.583. The Morgan fingerprint density at radius 2 is 1.62 bits per heavy atom. The van der Waals surface area contributed by atoms with Crippen LogP contribution in [0.25, 0.3) is 5.69 Å². The highest BCUT2D eigenvalue weighted by molar-refractivity contribution is 6.07. The first-order chi connectivity index (χ1) is 16.7. The first kappa shape index (κ1) is 21.3. The number of hydrogen-bond acceptors (Lipinski definition) is 6. The van der Waals surface area contributed by atoms with Gasteiger partial charge in [-0.1, -0.05) is 12.1 Å². The van der Waals surface area contributed by atoms with Gasteiger partial charge < -0.3 is 19.1 Å². The first-order valence-corrected chi connectivity index (χ1v) is 11.7. The molecular formula is C26H28N4O4. The minimum atomic E-state index is -0.0889. The average Bonchev–Trinajstić information content (AvgIpc) is 3.30. The van der Waals surface area contributed by atoms with E-state index in [1.165, 1.54) is 5.56 Å². The third kappa shape index (κ3) is 3.41. The number of carbonyl (C=O) groups is 1. The average molecular weight is 461 g/mol. The Morgan fingerprint density at radius 3 is 2.26 bits per heavy atom. The van der Waals surface area contributed by atoms with E-state index in [0.717, 1.165) is 55.4 Å². The van der Waals surface area contributed by atoms with Crippen LogP contribution in [0.4, 0.5) is 5.69 Å². The van der Waals surface area contributed by atoms with Crippen molar-refractivity contribution in [3.05, 3.63) is 71.5 Å². The Morgan fingerprint density at radius 1 is 0.912 bits per heavy atom. The lowest BCUT2D eigenvalue weighted by Crippen LogP contribution is -2.62. The lowest BCUT2D eigenvalue weighted by Gasteiger charge is -2.51. The van der Waals surface area contributed by atoms with E-state index >= 15 is 0 Å². The standard InChI is InChI=1S/C26H28N4O4/c1-32-23-8-6-22(7-9-23)30-24-19(16-27-30)10-11-29(25(24)31)21-4-2-20(3-5-21)26(17-34-18-26)28-12-14-33-15-13-28/h2-9,16H,10-15,17-18H2,1H3. The van der Waals surface area contributed by atoms with Gasteiger partial charge in [0.05, 0.1) is 51.0 Å². The van der Waals surface area contributed by atoms with Crippen molar-refractivity contribution in [3.63, 3.8) is 0 Å². The molecule has 0 spiro atoms. The second-order valence-corrected chi connectivity index (χ2v) is 9.01. The van der Waals surface area contributed by atoms with Crippen LogP contribution >= 0.6 is 0 Å². The molecule has 1 aromatic heterocycles. The van der Waals surface area contributed by atoms with Gasteiger partial charge in [-0.05, 0) is 48.4 Å². The van der Waals surface area contributed by atoms with E-state index in [2.05, 4.69) is 34.3 Å². The maximum atomic E-state index is 13.6. The van der Waals surface area contributed by atoms with Crippen molar-refractivity contribution in [2.45, 2.75) is 12.0 Å². The van der Waals surface area contributed by atoms with Crippen LogP contribution < -0.4 is 9.64 Å². The van der Waals surface area contributed by atoms with Gasteiger partial charge in [0.25, 0.3) is 5.91 Å². The number of fused-ring (bicyclic) bond motifs is 1. The van der Waals surface area contributed by atoms with Gasteiger partial charge in [0.15, 0.2) is 0 Å². The fourth-order valence-corrected chi connectivity index (χ4v) is 5.19.